The molecule has 0 aromatic rings. The number of hydrogen-bond donors (Lipinski definition) is 2. The van der Waals surface area contributed by atoms with Crippen LogP contribution in [0.5, 0.6) is 0 Å². The highest BCUT2D eigenvalue weighted by molar-refractivity contribution is 5.94. The van der Waals surface area contributed by atoms with Crippen LogP contribution in [0.2, 0.25) is 0 Å². The highest BCUT2D eigenvalue weighted by Gasteiger charge is 2.42. The number of ether oxygens (including phenoxy) is 3. The summed E-state index contributed by atoms with van der Waals surface area (Å²) in [5.74, 6) is -0.877. The zero-order valence-corrected chi connectivity index (χ0v) is 17.7. The molecule has 162 valence electrons. The summed E-state index contributed by atoms with van der Waals surface area (Å²) >= 11 is 0. The summed E-state index contributed by atoms with van der Waals surface area (Å²) in [7, 11) is 0. The number of amides is 2. The van der Waals surface area contributed by atoms with E-state index in [0.717, 1.165) is 0 Å². The number of carbonyl (C=O) groups is 3. The van der Waals surface area contributed by atoms with Crippen molar-refractivity contribution < 1.29 is 38.8 Å². The number of imide groups is 1. The molecule has 1 fully saturated rings. The summed E-state index contributed by atoms with van der Waals surface area (Å²) in [6.45, 7) is 11.2. The van der Waals surface area contributed by atoms with Crippen LogP contribution >= 0.6 is 0 Å². The van der Waals surface area contributed by atoms with E-state index in [9.17, 15) is 24.6 Å². The summed E-state index contributed by atoms with van der Waals surface area (Å²) in [4.78, 5) is 38.8. The Morgan fingerprint density at radius 3 is 1.89 bits per heavy atom. The first-order valence-electron chi connectivity index (χ1n) is 9.44. The normalized spacial score (nSPS) is 27.0. The van der Waals surface area contributed by atoms with Crippen molar-refractivity contribution >= 4 is 18.2 Å². The second kappa shape index (κ2) is 9.09. The van der Waals surface area contributed by atoms with Crippen LogP contribution < -0.4 is 0 Å². The van der Waals surface area contributed by atoms with Gasteiger partial charge in [0.1, 0.15) is 29.5 Å². The van der Waals surface area contributed by atoms with E-state index in [1.807, 2.05) is 0 Å². The molecule has 0 aromatic heterocycles. The van der Waals surface area contributed by atoms with Gasteiger partial charge in [0.25, 0.3) is 0 Å². The van der Waals surface area contributed by atoms with Crippen molar-refractivity contribution in [1.82, 2.24) is 4.90 Å². The van der Waals surface area contributed by atoms with E-state index in [-0.39, 0.29) is 19.3 Å². The Labute approximate surface area is 165 Å². The molecule has 0 spiro atoms. The number of cyclic esters (lactones) is 1. The lowest BCUT2D eigenvalue weighted by Gasteiger charge is -2.32. The van der Waals surface area contributed by atoms with Crippen molar-refractivity contribution in [3.05, 3.63) is 0 Å². The lowest BCUT2D eigenvalue weighted by atomic mass is 10.0. The smallest absolute Gasteiger partial charge is 0.420 e. The summed E-state index contributed by atoms with van der Waals surface area (Å²) in [6.07, 6.45) is -4.94. The number of rotatable bonds is 1. The minimum Gasteiger partial charge on any atom is -0.458 e. The first kappa shape index (κ1) is 24.2. The molecule has 1 aliphatic rings. The number of hydrogen-bond acceptors (Lipinski definition) is 8. The van der Waals surface area contributed by atoms with Gasteiger partial charge in [-0.1, -0.05) is 0 Å². The maximum Gasteiger partial charge on any atom is 0.420 e. The summed E-state index contributed by atoms with van der Waals surface area (Å²) in [5.41, 5.74) is -1.81. The van der Waals surface area contributed by atoms with Crippen molar-refractivity contribution in [2.45, 2.75) is 103 Å². The quantitative estimate of drug-likeness (QED) is 0.505. The van der Waals surface area contributed by atoms with Gasteiger partial charge in [0.05, 0.1) is 6.10 Å². The van der Waals surface area contributed by atoms with Crippen LogP contribution in [-0.2, 0) is 19.0 Å². The van der Waals surface area contributed by atoms with Gasteiger partial charge in [-0.3, -0.25) is 0 Å². The van der Waals surface area contributed by atoms with Crippen LogP contribution in [0, 0.1) is 0 Å². The average Bonchev–Trinajstić information content (AvgIpc) is 2.51. The van der Waals surface area contributed by atoms with Gasteiger partial charge in [-0.25, -0.2) is 14.4 Å². The van der Waals surface area contributed by atoms with Crippen LogP contribution in [0.1, 0.15) is 67.7 Å². The maximum absolute atomic E-state index is 12.7. The Morgan fingerprint density at radius 1 is 1.00 bits per heavy atom. The lowest BCUT2D eigenvalue weighted by Crippen LogP contribution is -2.53. The van der Waals surface area contributed by atoms with Crippen molar-refractivity contribution in [1.29, 1.82) is 0 Å². The number of aliphatic hydroxyl groups excluding tert-OH is 2. The Kier molecular flexibility index (Phi) is 7.84. The summed E-state index contributed by atoms with van der Waals surface area (Å²) in [6, 6.07) is -1.30. The van der Waals surface area contributed by atoms with Gasteiger partial charge in [0.2, 0.25) is 0 Å². The number of nitrogens with zero attached hydrogens (tertiary/aromatic N) is 1. The Balaban J connectivity index is 3.22. The van der Waals surface area contributed by atoms with E-state index in [1.54, 1.807) is 41.5 Å². The van der Waals surface area contributed by atoms with Gasteiger partial charge in [-0.15, -0.1) is 0 Å². The van der Waals surface area contributed by atoms with E-state index >= 15 is 0 Å². The van der Waals surface area contributed by atoms with Gasteiger partial charge < -0.3 is 24.4 Å². The standard InChI is InChI=1S/C19H33NO8/c1-11-14(22)13(21)10-8-9-12(15(23)26-11)20(16(24)27-18(2,3)4)17(25)28-19(5,6)7/h11-14,21-22H,8-10H2,1-7H3/t11-,12-,13-,14+/m0/s1. The largest absolute Gasteiger partial charge is 0.458 e. The highest BCUT2D eigenvalue weighted by Crippen LogP contribution is 2.23. The van der Waals surface area contributed by atoms with Crippen LogP contribution in [0.4, 0.5) is 9.59 Å². The van der Waals surface area contributed by atoms with Gasteiger partial charge in [-0.2, -0.15) is 4.90 Å². The molecule has 9 heteroatoms. The average molecular weight is 403 g/mol. The zero-order chi connectivity index (χ0) is 21.9. The monoisotopic (exact) mass is 403 g/mol. The molecule has 1 rings (SSSR count). The molecular formula is C19H33NO8. The molecule has 1 aliphatic heterocycles. The molecule has 0 aliphatic carbocycles. The van der Waals surface area contributed by atoms with Crippen LogP contribution in [-0.4, -0.2) is 68.8 Å². The van der Waals surface area contributed by atoms with Gasteiger partial charge in [0.15, 0.2) is 0 Å². The fraction of sp³-hybridized carbons (Fsp3) is 0.842. The molecule has 0 bridgehead atoms. The zero-order valence-electron chi connectivity index (χ0n) is 17.7. The van der Waals surface area contributed by atoms with Crippen molar-refractivity contribution in [2.24, 2.45) is 0 Å². The highest BCUT2D eigenvalue weighted by atomic mass is 16.6. The minimum absolute atomic E-state index is 0.0355. The van der Waals surface area contributed by atoms with Crippen LogP contribution in [0.25, 0.3) is 0 Å². The van der Waals surface area contributed by atoms with Gasteiger partial charge in [-0.05, 0) is 67.7 Å². The fourth-order valence-corrected chi connectivity index (χ4v) is 2.64. The number of esters is 1. The molecule has 9 nitrogen and oxygen atoms in total. The number of carbonyl (C=O) groups excluding carboxylic acids is 3. The first-order valence-corrected chi connectivity index (χ1v) is 9.44. The molecule has 1 saturated heterocycles. The molecule has 0 unspecified atom stereocenters. The number of aliphatic hydroxyl groups is 2. The Morgan fingerprint density at radius 2 is 1.46 bits per heavy atom. The van der Waals surface area contributed by atoms with Crippen molar-refractivity contribution in [3.8, 4) is 0 Å². The van der Waals surface area contributed by atoms with Crippen LogP contribution in [0.15, 0.2) is 0 Å². The van der Waals surface area contributed by atoms with E-state index < -0.39 is 53.7 Å². The maximum atomic E-state index is 12.7. The molecule has 4 atom stereocenters. The SMILES string of the molecule is C[C@@H]1OC(=O)[C@@H](N(C(=O)OC(C)(C)C)C(=O)OC(C)(C)C)CCC[C@H](O)[C@@H]1O. The molecule has 0 aromatic carbocycles. The third-order valence-corrected chi connectivity index (χ3v) is 3.92. The molecule has 28 heavy (non-hydrogen) atoms. The second-order valence-corrected chi connectivity index (χ2v) is 8.98. The Hall–Kier alpha value is -1.87. The van der Waals surface area contributed by atoms with Gasteiger partial charge >= 0.3 is 18.2 Å². The predicted octanol–water partition coefficient (Wildman–Crippen LogP) is 2.36. The second-order valence-electron chi connectivity index (χ2n) is 8.98. The molecule has 0 saturated carbocycles. The molecule has 2 N–H and O–H groups in total. The molecule has 2 amide bonds. The lowest BCUT2D eigenvalue weighted by molar-refractivity contribution is -0.162. The van der Waals surface area contributed by atoms with Crippen molar-refractivity contribution in [2.75, 3.05) is 0 Å². The van der Waals surface area contributed by atoms with E-state index in [1.165, 1.54) is 6.92 Å². The van der Waals surface area contributed by atoms with E-state index in [0.29, 0.717) is 4.90 Å². The van der Waals surface area contributed by atoms with Crippen LogP contribution in [0.3, 0.4) is 0 Å². The third-order valence-electron chi connectivity index (χ3n) is 3.92. The topological polar surface area (TPSA) is 123 Å². The molecule has 0 radical (unpaired) electrons. The predicted molar refractivity (Wildman–Crippen MR) is 99.5 cm³/mol. The fourth-order valence-electron chi connectivity index (χ4n) is 2.64. The molecule has 1 heterocycles. The first-order chi connectivity index (χ1) is 12.6. The van der Waals surface area contributed by atoms with E-state index in [2.05, 4.69) is 0 Å². The van der Waals surface area contributed by atoms with E-state index in [4.69, 9.17) is 14.2 Å². The minimum atomic E-state index is -1.30. The summed E-state index contributed by atoms with van der Waals surface area (Å²) < 4.78 is 15.8. The molecular weight excluding hydrogens is 370 g/mol. The Bertz CT molecular complexity index is 549. The van der Waals surface area contributed by atoms with Crippen molar-refractivity contribution in [3.63, 3.8) is 0 Å². The third kappa shape index (κ3) is 7.27. The van der Waals surface area contributed by atoms with Gasteiger partial charge in [0, 0.05) is 0 Å². The summed E-state index contributed by atoms with van der Waals surface area (Å²) in [5, 5.41) is 20.0.